The standard InChI is InChI=1S/2C9H13NS2.Mg/c2*1-7-5-3-4-6-9(7,2)10-8(11)12;/h2*3-7H,1-2H3,(H2,10,11,12);/q;;+2/p-2. The van der Waals surface area contributed by atoms with Gasteiger partial charge >= 0.3 is 23.1 Å². The predicted molar refractivity (Wildman–Crippen MR) is 124 cm³/mol. The Bertz CT molecular complexity index is 548. The van der Waals surface area contributed by atoms with Gasteiger partial charge in [0.1, 0.15) is 0 Å². The van der Waals surface area contributed by atoms with Gasteiger partial charge in [-0.15, -0.1) is 0 Å². The molecule has 0 amide bonds. The first-order valence-electron chi connectivity index (χ1n) is 7.79. The summed E-state index contributed by atoms with van der Waals surface area (Å²) in [6, 6.07) is 0. The smallest absolute Gasteiger partial charge is 0.412 e. The first-order chi connectivity index (χ1) is 11.1. The van der Waals surface area contributed by atoms with Crippen LogP contribution < -0.4 is 10.6 Å². The van der Waals surface area contributed by atoms with Crippen LogP contribution in [0.25, 0.3) is 0 Å². The van der Waals surface area contributed by atoms with E-state index in [4.69, 9.17) is 49.7 Å². The van der Waals surface area contributed by atoms with Crippen LogP contribution in [0.5, 0.6) is 0 Å². The molecule has 4 unspecified atom stereocenters. The molecule has 0 aliphatic heterocycles. The zero-order valence-corrected chi connectivity index (χ0v) is 19.8. The van der Waals surface area contributed by atoms with Crippen molar-refractivity contribution in [1.29, 1.82) is 0 Å². The van der Waals surface area contributed by atoms with Gasteiger partial charge in [-0.25, -0.2) is 0 Å². The molecule has 0 bridgehead atoms. The van der Waals surface area contributed by atoms with Crippen LogP contribution in [0.1, 0.15) is 27.7 Å². The van der Waals surface area contributed by atoms with Crippen LogP contribution in [0.2, 0.25) is 0 Å². The van der Waals surface area contributed by atoms with E-state index in [1.165, 1.54) is 0 Å². The summed E-state index contributed by atoms with van der Waals surface area (Å²) < 4.78 is 0.869. The van der Waals surface area contributed by atoms with Crippen molar-refractivity contribution < 1.29 is 0 Å². The number of nitrogens with one attached hydrogen (secondary N) is 2. The maximum atomic E-state index is 4.85. The van der Waals surface area contributed by atoms with Crippen LogP contribution in [0.3, 0.4) is 0 Å². The third kappa shape index (κ3) is 8.01. The molecule has 0 fully saturated rings. The molecule has 2 nitrogen and oxygen atoms in total. The summed E-state index contributed by atoms with van der Waals surface area (Å²) >= 11 is 19.4. The zero-order valence-electron chi connectivity index (χ0n) is 15.1. The average molecular weight is 421 g/mol. The quantitative estimate of drug-likeness (QED) is 0.403. The van der Waals surface area contributed by atoms with Crippen LogP contribution in [0.15, 0.2) is 48.6 Å². The number of allylic oxidation sites excluding steroid dienone is 4. The molecule has 0 spiro atoms. The third-order valence-electron chi connectivity index (χ3n) is 4.54. The minimum Gasteiger partial charge on any atom is -0.412 e. The van der Waals surface area contributed by atoms with Crippen molar-refractivity contribution in [3.8, 4) is 0 Å². The SMILES string of the molecule is CC1C=CC=CC1(C)NC(=S)[S-].CC1C=CC=CC1(C)NC(=S)[S-].[Mg+2]. The van der Waals surface area contributed by atoms with Crippen molar-refractivity contribution in [3.63, 3.8) is 0 Å². The molecule has 0 heterocycles. The predicted octanol–water partition coefficient (Wildman–Crippen LogP) is 3.48. The molecule has 2 aliphatic carbocycles. The van der Waals surface area contributed by atoms with E-state index in [0.717, 1.165) is 0 Å². The molecule has 0 radical (unpaired) electrons. The summed E-state index contributed by atoms with van der Waals surface area (Å²) in [6.45, 7) is 8.47. The minimum absolute atomic E-state index is 0. The summed E-state index contributed by atoms with van der Waals surface area (Å²) in [5.41, 5.74) is -0.207. The Labute approximate surface area is 190 Å². The fourth-order valence-corrected chi connectivity index (χ4v) is 3.31. The largest absolute Gasteiger partial charge is 2.00 e. The maximum absolute atomic E-state index is 4.85. The number of hydrogen-bond donors (Lipinski definition) is 2. The molecule has 2 rings (SSSR count). The molecule has 0 aromatic heterocycles. The number of hydrogen-bond acceptors (Lipinski definition) is 4. The number of rotatable bonds is 2. The van der Waals surface area contributed by atoms with Gasteiger partial charge in [0.2, 0.25) is 0 Å². The Morgan fingerprint density at radius 3 is 1.36 bits per heavy atom. The Balaban J connectivity index is 0.000000443. The summed E-state index contributed by atoms with van der Waals surface area (Å²) in [6.07, 6.45) is 16.6. The molecule has 25 heavy (non-hydrogen) atoms. The Morgan fingerprint density at radius 2 is 1.12 bits per heavy atom. The Kier molecular flexibility index (Phi) is 10.9. The minimum atomic E-state index is -0.104. The molecule has 0 aromatic rings. The first-order valence-corrected chi connectivity index (χ1v) is 9.43. The van der Waals surface area contributed by atoms with Crippen LogP contribution in [0, 0.1) is 11.8 Å². The van der Waals surface area contributed by atoms with Gasteiger partial charge < -0.3 is 60.3 Å². The van der Waals surface area contributed by atoms with Crippen molar-refractivity contribution in [2.24, 2.45) is 11.8 Å². The van der Waals surface area contributed by atoms with Gasteiger partial charge in [0.25, 0.3) is 0 Å². The average Bonchev–Trinajstić information content (AvgIpc) is 2.45. The molecule has 7 heteroatoms. The molecular weight excluding hydrogens is 397 g/mol. The number of thiocarbonyl (C=S) groups is 2. The second-order valence-corrected chi connectivity index (χ2v) is 8.61. The molecule has 132 valence electrons. The van der Waals surface area contributed by atoms with Gasteiger partial charge in [0.15, 0.2) is 0 Å². The molecule has 2 N–H and O–H groups in total. The fraction of sp³-hybridized carbons (Fsp3) is 0.444. The molecule has 0 saturated heterocycles. The van der Waals surface area contributed by atoms with Gasteiger partial charge in [-0.3, -0.25) is 0 Å². The Morgan fingerprint density at radius 1 is 0.800 bits per heavy atom. The van der Waals surface area contributed by atoms with E-state index in [-0.39, 0.29) is 34.1 Å². The van der Waals surface area contributed by atoms with E-state index in [1.54, 1.807) is 0 Å². The van der Waals surface area contributed by atoms with Gasteiger partial charge in [0.05, 0.1) is 11.1 Å². The summed E-state index contributed by atoms with van der Waals surface area (Å²) in [5, 5.41) is 6.23. The van der Waals surface area contributed by atoms with Crippen LogP contribution in [-0.2, 0) is 25.3 Å². The van der Waals surface area contributed by atoms with Crippen molar-refractivity contribution >= 4 is 81.4 Å². The first kappa shape index (κ1) is 24.9. The van der Waals surface area contributed by atoms with Gasteiger partial charge in [-0.1, -0.05) is 71.1 Å². The normalized spacial score (nSPS) is 32.0. The van der Waals surface area contributed by atoms with E-state index < -0.39 is 0 Å². The van der Waals surface area contributed by atoms with Crippen molar-refractivity contribution in [3.05, 3.63) is 48.6 Å². The summed E-state index contributed by atoms with van der Waals surface area (Å²) in [7, 11) is 0. The van der Waals surface area contributed by atoms with E-state index >= 15 is 0 Å². The molecule has 2 aliphatic rings. The van der Waals surface area contributed by atoms with Crippen molar-refractivity contribution in [1.82, 2.24) is 10.6 Å². The monoisotopic (exact) mass is 420 g/mol. The van der Waals surface area contributed by atoms with Gasteiger partial charge in [-0.05, 0) is 13.8 Å². The van der Waals surface area contributed by atoms with E-state index in [1.807, 2.05) is 24.3 Å². The second-order valence-electron chi connectivity index (χ2n) is 6.46. The van der Waals surface area contributed by atoms with E-state index in [0.29, 0.717) is 20.5 Å². The Hall–Kier alpha value is -0.0538. The van der Waals surface area contributed by atoms with E-state index in [9.17, 15) is 0 Å². The molecule has 4 atom stereocenters. The molecular formula is C18H24MgN2S4. The van der Waals surface area contributed by atoms with Gasteiger partial charge in [0, 0.05) is 11.8 Å². The van der Waals surface area contributed by atoms with Crippen molar-refractivity contribution in [2.45, 2.75) is 38.8 Å². The topological polar surface area (TPSA) is 24.1 Å². The van der Waals surface area contributed by atoms with Crippen molar-refractivity contribution in [2.75, 3.05) is 0 Å². The third-order valence-corrected chi connectivity index (χ3v) is 4.95. The summed E-state index contributed by atoms with van der Waals surface area (Å²) in [5.74, 6) is 0.840. The van der Waals surface area contributed by atoms with Crippen LogP contribution >= 0.6 is 24.4 Å². The van der Waals surface area contributed by atoms with Gasteiger partial charge in [-0.2, -0.15) is 0 Å². The van der Waals surface area contributed by atoms with Crippen LogP contribution in [0.4, 0.5) is 0 Å². The zero-order chi connectivity index (χ0) is 18.4. The molecule has 0 saturated carbocycles. The van der Waals surface area contributed by atoms with Crippen LogP contribution in [-0.4, -0.2) is 42.8 Å². The molecule has 0 aromatic carbocycles. The fourth-order valence-electron chi connectivity index (χ4n) is 2.43. The van der Waals surface area contributed by atoms with E-state index in [2.05, 4.69) is 62.6 Å². The maximum Gasteiger partial charge on any atom is 2.00 e. The summed E-state index contributed by atoms with van der Waals surface area (Å²) in [4.78, 5) is 0. The second kappa shape index (κ2) is 10.9.